The maximum absolute atomic E-state index is 13.1. The van der Waals surface area contributed by atoms with Gasteiger partial charge in [0.2, 0.25) is 5.72 Å². The average Bonchev–Trinajstić information content (AvgIpc) is 3.22. The molecule has 0 spiro atoms. The summed E-state index contributed by atoms with van der Waals surface area (Å²) >= 11 is 0. The Labute approximate surface area is 145 Å². The van der Waals surface area contributed by atoms with Gasteiger partial charge in [0.1, 0.15) is 0 Å². The SMILES string of the molecule is O=C1c2ccccc2[C@@](O)(c2ncc[nH]2)N1c1cccc(C(F)(F)F)c1. The topological polar surface area (TPSA) is 69.2 Å². The lowest BCUT2D eigenvalue weighted by molar-refractivity contribution is -0.137. The van der Waals surface area contributed by atoms with Crippen LogP contribution in [0.1, 0.15) is 27.3 Å². The summed E-state index contributed by atoms with van der Waals surface area (Å²) in [6, 6.07) is 10.6. The number of halogens is 3. The van der Waals surface area contributed by atoms with Gasteiger partial charge in [0.05, 0.1) is 5.56 Å². The van der Waals surface area contributed by atoms with Crippen molar-refractivity contribution in [2.24, 2.45) is 0 Å². The van der Waals surface area contributed by atoms with E-state index in [0.717, 1.165) is 17.0 Å². The van der Waals surface area contributed by atoms with Gasteiger partial charge in [0, 0.05) is 29.2 Å². The third-order valence-electron chi connectivity index (χ3n) is 4.32. The highest BCUT2D eigenvalue weighted by atomic mass is 19.4. The van der Waals surface area contributed by atoms with E-state index in [2.05, 4.69) is 9.97 Å². The number of carbonyl (C=O) groups excluding carboxylic acids is 1. The summed E-state index contributed by atoms with van der Waals surface area (Å²) in [7, 11) is 0. The van der Waals surface area contributed by atoms with Crippen LogP contribution < -0.4 is 4.90 Å². The van der Waals surface area contributed by atoms with Gasteiger partial charge >= 0.3 is 6.18 Å². The van der Waals surface area contributed by atoms with Crippen LogP contribution in [-0.4, -0.2) is 21.0 Å². The van der Waals surface area contributed by atoms with Gasteiger partial charge in [0.15, 0.2) is 5.82 Å². The molecule has 1 aromatic heterocycles. The fourth-order valence-corrected chi connectivity index (χ4v) is 3.18. The Bertz CT molecular complexity index is 985. The summed E-state index contributed by atoms with van der Waals surface area (Å²) in [6.45, 7) is 0. The number of H-pyrrole nitrogens is 1. The van der Waals surface area contributed by atoms with Crippen molar-refractivity contribution >= 4 is 11.6 Å². The number of rotatable bonds is 2. The number of benzene rings is 2. The van der Waals surface area contributed by atoms with E-state index in [1.165, 1.54) is 30.6 Å². The molecule has 2 aromatic carbocycles. The van der Waals surface area contributed by atoms with Crippen molar-refractivity contribution < 1.29 is 23.1 Å². The first kappa shape index (κ1) is 16.3. The lowest BCUT2D eigenvalue weighted by atomic mass is 10.0. The summed E-state index contributed by atoms with van der Waals surface area (Å²) in [4.78, 5) is 20.6. The summed E-state index contributed by atoms with van der Waals surface area (Å²) < 4.78 is 39.3. The van der Waals surface area contributed by atoms with Crippen LogP contribution in [0.5, 0.6) is 0 Å². The Morgan fingerprint density at radius 1 is 1.12 bits per heavy atom. The minimum absolute atomic E-state index is 0.0354. The van der Waals surface area contributed by atoms with E-state index in [4.69, 9.17) is 0 Å². The summed E-state index contributed by atoms with van der Waals surface area (Å²) in [5.41, 5.74) is -2.59. The number of hydrogen-bond donors (Lipinski definition) is 2. The fourth-order valence-electron chi connectivity index (χ4n) is 3.18. The lowest BCUT2D eigenvalue weighted by Gasteiger charge is -2.32. The number of aliphatic hydroxyl groups is 1. The maximum Gasteiger partial charge on any atom is 0.416 e. The van der Waals surface area contributed by atoms with E-state index in [-0.39, 0.29) is 22.6 Å². The van der Waals surface area contributed by atoms with Crippen LogP contribution in [0.2, 0.25) is 0 Å². The molecule has 8 heteroatoms. The first-order valence-corrected chi connectivity index (χ1v) is 7.67. The molecule has 1 aliphatic rings. The molecule has 2 heterocycles. The van der Waals surface area contributed by atoms with Crippen LogP contribution in [0.3, 0.4) is 0 Å². The van der Waals surface area contributed by atoms with Crippen LogP contribution in [0.25, 0.3) is 0 Å². The zero-order chi connectivity index (χ0) is 18.5. The molecule has 5 nitrogen and oxygen atoms in total. The number of anilines is 1. The zero-order valence-electron chi connectivity index (χ0n) is 13.2. The van der Waals surface area contributed by atoms with Crippen molar-refractivity contribution in [3.05, 3.63) is 83.4 Å². The summed E-state index contributed by atoms with van der Waals surface area (Å²) in [5.74, 6) is -0.577. The Hall–Kier alpha value is -3.13. The second-order valence-electron chi connectivity index (χ2n) is 5.84. The molecule has 0 bridgehead atoms. The predicted octanol–water partition coefficient (Wildman–Crippen LogP) is 3.28. The third kappa shape index (κ3) is 2.22. The lowest BCUT2D eigenvalue weighted by Crippen LogP contribution is -2.46. The van der Waals surface area contributed by atoms with E-state index in [1.807, 2.05) is 0 Å². The molecule has 0 radical (unpaired) electrons. The van der Waals surface area contributed by atoms with Gasteiger partial charge in [-0.3, -0.25) is 9.69 Å². The van der Waals surface area contributed by atoms with Crippen molar-refractivity contribution in [1.82, 2.24) is 9.97 Å². The third-order valence-corrected chi connectivity index (χ3v) is 4.32. The van der Waals surface area contributed by atoms with E-state index in [0.29, 0.717) is 0 Å². The highest BCUT2D eigenvalue weighted by molar-refractivity contribution is 6.12. The van der Waals surface area contributed by atoms with E-state index < -0.39 is 23.4 Å². The number of aromatic amines is 1. The molecule has 0 saturated carbocycles. The number of carbonyl (C=O) groups is 1. The van der Waals surface area contributed by atoms with Crippen molar-refractivity contribution in [3.8, 4) is 0 Å². The Morgan fingerprint density at radius 3 is 2.58 bits per heavy atom. The molecule has 4 rings (SSSR count). The quantitative estimate of drug-likeness (QED) is 0.738. The van der Waals surface area contributed by atoms with Crippen molar-refractivity contribution in [2.75, 3.05) is 4.90 Å². The second-order valence-corrected chi connectivity index (χ2v) is 5.84. The molecular formula is C18H12F3N3O2. The fraction of sp³-hybridized carbons (Fsp3) is 0.111. The maximum atomic E-state index is 13.1. The molecule has 0 unspecified atom stereocenters. The highest BCUT2D eigenvalue weighted by Crippen LogP contribution is 2.44. The van der Waals surface area contributed by atoms with E-state index in [9.17, 15) is 23.1 Å². The minimum Gasteiger partial charge on any atom is -0.360 e. The number of imidazole rings is 1. The summed E-state index contributed by atoms with van der Waals surface area (Å²) in [5, 5.41) is 11.4. The molecular weight excluding hydrogens is 347 g/mol. The molecule has 132 valence electrons. The van der Waals surface area contributed by atoms with Crippen LogP contribution >= 0.6 is 0 Å². The summed E-state index contributed by atoms with van der Waals surface area (Å²) in [6.07, 6.45) is -1.72. The van der Waals surface area contributed by atoms with Gasteiger partial charge in [-0.25, -0.2) is 4.98 Å². The Balaban J connectivity index is 1.95. The first-order valence-electron chi connectivity index (χ1n) is 7.67. The van der Waals surface area contributed by atoms with Crippen LogP contribution in [-0.2, 0) is 11.9 Å². The molecule has 1 atom stereocenters. The molecule has 0 saturated heterocycles. The van der Waals surface area contributed by atoms with Gasteiger partial charge in [-0.05, 0) is 24.3 Å². The second kappa shape index (κ2) is 5.43. The number of hydrogen-bond acceptors (Lipinski definition) is 3. The molecule has 0 fully saturated rings. The Kier molecular flexibility index (Phi) is 3.42. The van der Waals surface area contributed by atoms with Gasteiger partial charge in [-0.2, -0.15) is 13.2 Å². The molecule has 3 aromatic rings. The molecule has 0 aliphatic carbocycles. The van der Waals surface area contributed by atoms with E-state index >= 15 is 0 Å². The predicted molar refractivity (Wildman–Crippen MR) is 86.3 cm³/mol. The van der Waals surface area contributed by atoms with Crippen molar-refractivity contribution in [1.29, 1.82) is 0 Å². The van der Waals surface area contributed by atoms with Crippen LogP contribution in [0.4, 0.5) is 18.9 Å². The average molecular weight is 359 g/mol. The van der Waals surface area contributed by atoms with Crippen molar-refractivity contribution in [3.63, 3.8) is 0 Å². The number of alkyl halides is 3. The van der Waals surface area contributed by atoms with Crippen molar-refractivity contribution in [2.45, 2.75) is 11.9 Å². The molecule has 2 N–H and O–H groups in total. The Morgan fingerprint density at radius 2 is 1.88 bits per heavy atom. The van der Waals surface area contributed by atoms with Crippen LogP contribution in [0, 0.1) is 0 Å². The van der Waals surface area contributed by atoms with Gasteiger partial charge in [0.25, 0.3) is 5.91 Å². The largest absolute Gasteiger partial charge is 0.416 e. The number of nitrogens with one attached hydrogen (secondary N) is 1. The normalized spacial score (nSPS) is 19.7. The monoisotopic (exact) mass is 359 g/mol. The molecule has 1 amide bonds. The number of nitrogens with zero attached hydrogens (tertiary/aromatic N) is 2. The first-order chi connectivity index (χ1) is 12.3. The van der Waals surface area contributed by atoms with Gasteiger partial charge < -0.3 is 10.1 Å². The molecule has 26 heavy (non-hydrogen) atoms. The highest BCUT2D eigenvalue weighted by Gasteiger charge is 2.52. The van der Waals surface area contributed by atoms with Crippen LogP contribution in [0.15, 0.2) is 60.9 Å². The number of aromatic nitrogens is 2. The zero-order valence-corrected chi connectivity index (χ0v) is 13.2. The minimum atomic E-state index is -4.57. The smallest absolute Gasteiger partial charge is 0.360 e. The standard InChI is InChI=1S/C18H12F3N3O2/c19-18(20,21)11-4-3-5-12(10-11)24-15(25)13-6-1-2-7-14(13)17(24,26)16-22-8-9-23-16/h1-10,26H,(H,22,23)/t17-/m1/s1. The van der Waals surface area contributed by atoms with E-state index in [1.54, 1.807) is 18.2 Å². The number of fused-ring (bicyclic) bond motifs is 1. The molecule has 1 aliphatic heterocycles. The van der Waals surface area contributed by atoms with Gasteiger partial charge in [-0.15, -0.1) is 0 Å². The number of amides is 1. The van der Waals surface area contributed by atoms with Gasteiger partial charge in [-0.1, -0.05) is 24.3 Å².